The van der Waals surface area contributed by atoms with Gasteiger partial charge in [0.15, 0.2) is 5.96 Å². The highest BCUT2D eigenvalue weighted by atomic mass is 32.1. The van der Waals surface area contributed by atoms with Gasteiger partial charge in [0.25, 0.3) is 0 Å². The number of carboxylic acid groups (broad SMARTS) is 1. The fourth-order valence-corrected chi connectivity index (χ4v) is 3.01. The second-order valence-corrected chi connectivity index (χ2v) is 8.08. The van der Waals surface area contributed by atoms with E-state index in [0.717, 1.165) is 0 Å². The summed E-state index contributed by atoms with van der Waals surface area (Å²) in [5, 5.41) is 16.6. The number of hydrogen-bond acceptors (Lipinski definition) is 9. The van der Waals surface area contributed by atoms with Crippen LogP contribution in [0.4, 0.5) is 0 Å². The van der Waals surface area contributed by atoms with Crippen molar-refractivity contribution in [1.82, 2.24) is 16.0 Å². The van der Waals surface area contributed by atoms with E-state index < -0.39 is 60.2 Å². The first-order valence-corrected chi connectivity index (χ1v) is 11.6. The van der Waals surface area contributed by atoms with Gasteiger partial charge < -0.3 is 49.7 Å². The fraction of sp³-hybridized carbons (Fsp3) is 0.684. The number of thiol groups is 1. The number of nitrogens with one attached hydrogen (secondary N) is 3. The van der Waals surface area contributed by atoms with Crippen LogP contribution in [-0.4, -0.2) is 83.7 Å². The molecular formula is C19H37N9O6S. The van der Waals surface area contributed by atoms with E-state index in [-0.39, 0.29) is 37.5 Å². The smallest absolute Gasteiger partial charge is 0.326 e. The number of rotatable bonds is 18. The third-order valence-corrected chi connectivity index (χ3v) is 5.10. The molecule has 0 spiro atoms. The molecule has 14 N–H and O–H groups in total. The third-order valence-electron chi connectivity index (χ3n) is 4.71. The van der Waals surface area contributed by atoms with Gasteiger partial charge in [-0.3, -0.25) is 24.2 Å². The van der Waals surface area contributed by atoms with E-state index >= 15 is 0 Å². The minimum Gasteiger partial charge on any atom is -0.480 e. The van der Waals surface area contributed by atoms with E-state index in [0.29, 0.717) is 19.4 Å². The van der Waals surface area contributed by atoms with E-state index in [1.807, 2.05) is 0 Å². The van der Waals surface area contributed by atoms with Crippen LogP contribution < -0.4 is 44.6 Å². The zero-order chi connectivity index (χ0) is 27.0. The molecule has 15 nitrogen and oxygen atoms in total. The first-order valence-electron chi connectivity index (χ1n) is 11.0. The summed E-state index contributed by atoms with van der Waals surface area (Å²) in [6.45, 7) is 0.508. The molecule has 0 aliphatic rings. The standard InChI is InChI=1S/C19H37N9O6S/c20-6-2-1-4-11(16(31)27-12(18(33)34)5-3-7-25-19(23)24)26-17(32)13(8-14(22)29)28-15(30)10(21)9-35/h10-13,35H,1-9,20-21H2,(H2,22,29)(H,26,32)(H,27,31)(H,28,30)(H,33,34)(H4,23,24,25). The number of aliphatic carboxylic acids is 1. The topological polar surface area (TPSA) is 284 Å². The van der Waals surface area contributed by atoms with E-state index in [1.54, 1.807) is 0 Å². The third kappa shape index (κ3) is 14.0. The van der Waals surface area contributed by atoms with Crippen LogP contribution in [0.15, 0.2) is 4.99 Å². The molecule has 0 aromatic rings. The molecule has 16 heteroatoms. The lowest BCUT2D eigenvalue weighted by molar-refractivity contribution is -0.142. The van der Waals surface area contributed by atoms with Gasteiger partial charge in [0.1, 0.15) is 18.1 Å². The Morgan fingerprint density at radius 2 is 1.37 bits per heavy atom. The van der Waals surface area contributed by atoms with Gasteiger partial charge in [-0.15, -0.1) is 0 Å². The maximum atomic E-state index is 12.9. The monoisotopic (exact) mass is 519 g/mol. The largest absolute Gasteiger partial charge is 0.480 e. The molecule has 0 aromatic heterocycles. The predicted octanol–water partition coefficient (Wildman–Crippen LogP) is -4.16. The molecule has 35 heavy (non-hydrogen) atoms. The molecule has 0 saturated carbocycles. The molecule has 4 amide bonds. The molecule has 0 aromatic carbocycles. The number of primary amides is 1. The van der Waals surface area contributed by atoms with Gasteiger partial charge in [0, 0.05) is 12.3 Å². The van der Waals surface area contributed by atoms with Crippen LogP contribution >= 0.6 is 12.6 Å². The second-order valence-electron chi connectivity index (χ2n) is 7.71. The summed E-state index contributed by atoms with van der Waals surface area (Å²) in [7, 11) is 0. The number of amides is 4. The number of carboxylic acids is 1. The Hall–Kier alpha value is -3.11. The van der Waals surface area contributed by atoms with Crippen molar-refractivity contribution in [3.63, 3.8) is 0 Å². The number of guanidine groups is 1. The van der Waals surface area contributed by atoms with Gasteiger partial charge in [-0.25, -0.2) is 4.79 Å². The molecule has 4 atom stereocenters. The fourth-order valence-electron chi connectivity index (χ4n) is 2.84. The Labute approximate surface area is 208 Å². The maximum Gasteiger partial charge on any atom is 0.326 e. The highest BCUT2D eigenvalue weighted by molar-refractivity contribution is 7.80. The highest BCUT2D eigenvalue weighted by Gasteiger charge is 2.30. The van der Waals surface area contributed by atoms with Crippen LogP contribution in [0.25, 0.3) is 0 Å². The quantitative estimate of drug-likeness (QED) is 0.0361. The van der Waals surface area contributed by atoms with Crippen LogP contribution in [-0.2, 0) is 24.0 Å². The van der Waals surface area contributed by atoms with Crippen LogP contribution in [0, 0.1) is 0 Å². The summed E-state index contributed by atoms with van der Waals surface area (Å²) in [5.41, 5.74) is 26.7. The average molecular weight is 520 g/mol. The lowest BCUT2D eigenvalue weighted by Gasteiger charge is -2.24. The maximum absolute atomic E-state index is 12.9. The number of unbranched alkanes of at least 4 members (excludes halogenated alkanes) is 1. The molecule has 0 saturated heterocycles. The van der Waals surface area contributed by atoms with E-state index in [2.05, 4.69) is 33.6 Å². The molecule has 0 aliphatic carbocycles. The van der Waals surface area contributed by atoms with E-state index in [4.69, 9.17) is 28.7 Å². The lowest BCUT2D eigenvalue weighted by Crippen LogP contribution is -2.57. The summed E-state index contributed by atoms with van der Waals surface area (Å²) < 4.78 is 0. The molecule has 0 radical (unpaired) electrons. The van der Waals surface area contributed by atoms with Crippen molar-refractivity contribution in [2.45, 2.75) is 62.7 Å². The van der Waals surface area contributed by atoms with Gasteiger partial charge in [-0.1, -0.05) is 0 Å². The van der Waals surface area contributed by atoms with Crippen molar-refractivity contribution >= 4 is 48.2 Å². The van der Waals surface area contributed by atoms with Crippen molar-refractivity contribution in [3.05, 3.63) is 0 Å². The molecule has 0 bridgehead atoms. The molecule has 200 valence electrons. The summed E-state index contributed by atoms with van der Waals surface area (Å²) >= 11 is 3.91. The van der Waals surface area contributed by atoms with Gasteiger partial charge >= 0.3 is 5.97 Å². The molecular weight excluding hydrogens is 482 g/mol. The minimum absolute atomic E-state index is 0.0133. The Bertz CT molecular complexity index is 763. The number of nitrogens with two attached hydrogens (primary N) is 5. The summed E-state index contributed by atoms with van der Waals surface area (Å²) in [5.74, 6) is -4.68. The van der Waals surface area contributed by atoms with Gasteiger partial charge in [-0.2, -0.15) is 12.6 Å². The Kier molecular flexibility index (Phi) is 15.8. The van der Waals surface area contributed by atoms with Crippen LogP contribution in [0.1, 0.15) is 38.5 Å². The molecule has 0 fully saturated rings. The number of aliphatic imine (C=N–C) groups is 1. The second kappa shape index (κ2) is 17.3. The summed E-state index contributed by atoms with van der Waals surface area (Å²) in [6.07, 6.45) is 0.868. The molecule has 4 unspecified atom stereocenters. The van der Waals surface area contributed by atoms with Crippen molar-refractivity contribution in [3.8, 4) is 0 Å². The van der Waals surface area contributed by atoms with Crippen LogP contribution in [0.2, 0.25) is 0 Å². The first kappa shape index (κ1) is 31.9. The summed E-state index contributed by atoms with van der Waals surface area (Å²) in [6, 6.07) is -4.87. The lowest BCUT2D eigenvalue weighted by atomic mass is 10.1. The minimum atomic E-state index is -1.40. The number of carbonyl (C=O) groups excluding carboxylic acids is 4. The van der Waals surface area contributed by atoms with E-state index in [1.165, 1.54) is 0 Å². The highest BCUT2D eigenvalue weighted by Crippen LogP contribution is 2.06. The van der Waals surface area contributed by atoms with Crippen molar-refractivity contribution < 1.29 is 29.1 Å². The van der Waals surface area contributed by atoms with Gasteiger partial charge in [0.05, 0.1) is 12.5 Å². The molecule has 0 aliphatic heterocycles. The average Bonchev–Trinajstić information content (AvgIpc) is 2.78. The Balaban J connectivity index is 5.46. The van der Waals surface area contributed by atoms with Crippen molar-refractivity contribution in [2.24, 2.45) is 33.7 Å². The zero-order valence-corrected chi connectivity index (χ0v) is 20.3. The molecule has 0 rings (SSSR count). The Morgan fingerprint density at radius 3 is 1.89 bits per heavy atom. The van der Waals surface area contributed by atoms with Crippen molar-refractivity contribution in [2.75, 3.05) is 18.8 Å². The van der Waals surface area contributed by atoms with Gasteiger partial charge in [-0.05, 0) is 38.6 Å². The zero-order valence-electron chi connectivity index (χ0n) is 19.4. The van der Waals surface area contributed by atoms with Crippen LogP contribution in [0.5, 0.6) is 0 Å². The van der Waals surface area contributed by atoms with Gasteiger partial charge in [0.2, 0.25) is 23.6 Å². The molecule has 0 heterocycles. The predicted molar refractivity (Wildman–Crippen MR) is 132 cm³/mol. The Morgan fingerprint density at radius 1 is 0.829 bits per heavy atom. The number of carbonyl (C=O) groups is 5. The first-order chi connectivity index (χ1) is 16.4. The van der Waals surface area contributed by atoms with E-state index in [9.17, 15) is 29.1 Å². The van der Waals surface area contributed by atoms with Crippen LogP contribution in [0.3, 0.4) is 0 Å². The number of nitrogens with zero attached hydrogens (tertiary/aromatic N) is 1. The normalized spacial score (nSPS) is 14.0. The summed E-state index contributed by atoms with van der Waals surface area (Å²) in [4.78, 5) is 64.5. The van der Waals surface area contributed by atoms with Crippen molar-refractivity contribution in [1.29, 1.82) is 0 Å². The number of hydrogen-bond donors (Lipinski definition) is 10. The SMILES string of the molecule is NCCCCC(NC(=O)C(CC(N)=O)NC(=O)C(N)CS)C(=O)NC(CCCN=C(N)N)C(=O)O.